The summed E-state index contributed by atoms with van der Waals surface area (Å²) in [5, 5.41) is 55.6. The van der Waals surface area contributed by atoms with Crippen molar-refractivity contribution < 1.29 is 156 Å². The van der Waals surface area contributed by atoms with Crippen molar-refractivity contribution in [3.05, 3.63) is 473 Å². The molecule has 0 aliphatic carbocycles. The first kappa shape index (κ1) is 144. The van der Waals surface area contributed by atoms with Crippen LogP contribution in [0.25, 0.3) is 77.4 Å². The van der Waals surface area contributed by atoms with Gasteiger partial charge in [0, 0.05) is 76.9 Å². The Morgan fingerprint density at radius 2 is 0.500 bits per heavy atom. The molecule has 0 amide bonds. The second-order valence-corrected chi connectivity index (χ2v) is 25.4. The van der Waals surface area contributed by atoms with Gasteiger partial charge in [-0.3, -0.25) is 75.0 Å². The molecule has 764 valence electrons. The molecular weight excluding hydrogens is 2980 g/mol. The van der Waals surface area contributed by atoms with E-state index in [0.717, 1.165) is 39.0 Å². The number of hydrogen-bond donors (Lipinski definition) is 5. The predicted octanol–water partition coefficient (Wildman–Crippen LogP) is 22.5. The molecule has 5 N–H and O–H groups in total. The number of benzene rings is 8. The van der Waals surface area contributed by atoms with Gasteiger partial charge in [-0.15, -0.1) is 29.7 Å². The SMILES string of the molecule is C.CC.CC.CC.CC.CC.CC.CC.CC.CC.CC.[CH2-]c1n[nH]c2cc(=O)n(-c3ccccc3)nc12.[CH2-]c1n[nH]c2cc(=O)n(-c3ccccc3)nc12.[CH2-]c1n[nH]c2cc(=O)n(Cc3ccccc3)nc12.[CH2-]c1n[nH]c2cc(=O)n(Cc3ccccc3)nc12.[CH2-]c1n[nH]c2cc(=O)n(Cc3ccccc3)nc12.[U+2].[U+2].[U+2].[U+2].[U+2].[c-]1ccccc1.[c-]1ccccc1.[c-]1ncccn1.[c-]1ncccn1.[c-]1ncnc2ccccc12. The van der Waals surface area contributed by atoms with Gasteiger partial charge in [-0.2, -0.15) is 72.8 Å². The standard InChI is InChI=1S/3C13H11N4O.2C12H9N4O.C8H5N2.2C6H5.2C4H3N2.10C2H6.CH4.5U/c3*1-9-13-11(15-14-9)7-12(18)17(16-13)8-10-5-3-2-4-6-10;2*1-8-12-10(14-13-8)7-11(17)16(15-12)9-5-3-2-4-6-9;1-2-4-8-7(3-1)5-9-6-10-8;2*1-2-4-6-5-3-1;2*1-2-5-4-6-3-1;10*1-2;;;;;;/h3*2-7,15H,1,8H2;2*2-7,14H,1H2;1-4,6H;2*1-5H;2*1-3H;10*1-2H3;1H4;;;;;/q10*-1;;;;;;;;;;;;5*+2. The third-order valence-corrected chi connectivity index (χ3v) is 16.7. The molecular formula is C112H136N26O5U5. The first-order valence-corrected chi connectivity index (χ1v) is 47.0. The van der Waals surface area contributed by atoms with E-state index in [1.165, 1.54) is 60.1 Å². The van der Waals surface area contributed by atoms with Crippen molar-refractivity contribution in [1.82, 2.24) is 130 Å². The minimum Gasteiger partial charge on any atom is -0.374 e. The molecule has 21 rings (SSSR count). The average molecular weight is 3120 g/mol. The number of para-hydroxylation sites is 3. The minimum atomic E-state index is -0.202. The molecule has 0 saturated carbocycles. The van der Waals surface area contributed by atoms with Crippen molar-refractivity contribution in [2.45, 2.75) is 166 Å². The van der Waals surface area contributed by atoms with Crippen molar-refractivity contribution in [2.24, 2.45) is 0 Å². The van der Waals surface area contributed by atoms with Crippen molar-refractivity contribution in [3.63, 3.8) is 0 Å². The van der Waals surface area contributed by atoms with E-state index in [1.807, 2.05) is 375 Å². The van der Waals surface area contributed by atoms with Crippen LogP contribution < -0.4 is 27.8 Å². The van der Waals surface area contributed by atoms with Crippen LogP contribution in [0.5, 0.6) is 0 Å². The summed E-state index contributed by atoms with van der Waals surface area (Å²) in [6.45, 7) is 60.1. The van der Waals surface area contributed by atoms with Gasteiger partial charge in [0.05, 0.1) is 31.0 Å². The molecule has 0 fully saturated rings. The first-order chi connectivity index (χ1) is 69.7. The van der Waals surface area contributed by atoms with E-state index in [-0.39, 0.29) is 191 Å². The normalized spacial score (nSPS) is 8.84. The summed E-state index contributed by atoms with van der Waals surface area (Å²) in [6.07, 6.45) is 15.7. The molecule has 0 aliphatic heterocycles. The first-order valence-electron chi connectivity index (χ1n) is 47.0. The number of aromatic amines is 5. The van der Waals surface area contributed by atoms with Gasteiger partial charge >= 0.3 is 156 Å². The molecule has 0 bridgehead atoms. The van der Waals surface area contributed by atoms with E-state index >= 15 is 0 Å². The van der Waals surface area contributed by atoms with Gasteiger partial charge in [-0.1, -0.05) is 339 Å². The summed E-state index contributed by atoms with van der Waals surface area (Å²) in [4.78, 5) is 81.4. The van der Waals surface area contributed by atoms with Crippen LogP contribution in [0.15, 0.2) is 334 Å². The fraction of sp³-hybridized carbons (Fsp3) is 0.214. The fourth-order valence-corrected chi connectivity index (χ4v) is 10.9. The Labute approximate surface area is 990 Å². The van der Waals surface area contributed by atoms with Gasteiger partial charge in [0.15, 0.2) is 0 Å². The number of hydrogen-bond acceptors (Lipinski definition) is 21. The van der Waals surface area contributed by atoms with E-state index in [1.54, 1.807) is 36.9 Å². The molecule has 0 unspecified atom stereocenters. The van der Waals surface area contributed by atoms with Crippen LogP contribution in [-0.2, 0) is 19.6 Å². The van der Waals surface area contributed by atoms with Crippen molar-refractivity contribution in [1.29, 1.82) is 0 Å². The van der Waals surface area contributed by atoms with E-state index in [4.69, 9.17) is 0 Å². The van der Waals surface area contributed by atoms with E-state index in [2.05, 4.69) is 172 Å². The summed E-state index contributed by atoms with van der Waals surface area (Å²) in [6, 6.07) is 91.3. The maximum Gasteiger partial charge on any atom is 2.00 e. The van der Waals surface area contributed by atoms with Gasteiger partial charge in [0.25, 0.3) is 27.8 Å². The smallest absolute Gasteiger partial charge is 0.374 e. The molecule has 0 aliphatic rings. The van der Waals surface area contributed by atoms with Crippen LogP contribution in [0, 0.1) is 221 Å². The van der Waals surface area contributed by atoms with Gasteiger partial charge in [-0.25, -0.2) is 83.5 Å². The molecule has 13 heterocycles. The molecule has 13 aromatic heterocycles. The maximum atomic E-state index is 11.9. The zero-order valence-electron chi connectivity index (χ0n) is 87.5. The molecule has 148 heavy (non-hydrogen) atoms. The summed E-state index contributed by atoms with van der Waals surface area (Å²) < 4.78 is 6.94. The van der Waals surface area contributed by atoms with E-state index in [9.17, 15) is 24.0 Å². The maximum absolute atomic E-state index is 11.9. The Balaban J connectivity index is -0.000000509. The topological polar surface area (TPSA) is 395 Å². The molecule has 0 saturated heterocycles. The number of rotatable bonds is 8. The molecule has 0 radical (unpaired) electrons. The number of aromatic nitrogens is 26. The van der Waals surface area contributed by atoms with Crippen LogP contribution in [-0.4, -0.2) is 130 Å². The van der Waals surface area contributed by atoms with Crippen molar-refractivity contribution in [2.75, 3.05) is 0 Å². The Morgan fingerprint density at radius 1 is 0.270 bits per heavy atom. The summed E-state index contributed by atoms with van der Waals surface area (Å²) >= 11 is 0. The molecule has 0 spiro atoms. The van der Waals surface area contributed by atoms with Crippen LogP contribution in [0.2, 0.25) is 0 Å². The van der Waals surface area contributed by atoms with Crippen LogP contribution in [0.4, 0.5) is 0 Å². The van der Waals surface area contributed by atoms with Crippen LogP contribution >= 0.6 is 0 Å². The third kappa shape index (κ3) is 51.0. The Bertz CT molecular complexity index is 6360. The predicted molar refractivity (Wildman–Crippen MR) is 583 cm³/mol. The number of H-pyrrole nitrogens is 5. The van der Waals surface area contributed by atoms with Gasteiger partial charge in [0.1, 0.15) is 0 Å². The Kier molecular flexibility index (Phi) is 87.4. The fourth-order valence-electron chi connectivity index (χ4n) is 10.9. The third-order valence-electron chi connectivity index (χ3n) is 16.7. The van der Waals surface area contributed by atoms with Gasteiger partial charge < -0.3 is 29.9 Å². The largest absolute Gasteiger partial charge is 2.00 e. The molecule has 0 atom stereocenters. The molecule has 8 aromatic carbocycles. The quantitative estimate of drug-likeness (QED) is 0.0882. The van der Waals surface area contributed by atoms with Crippen LogP contribution in [0.3, 0.4) is 0 Å². The van der Waals surface area contributed by atoms with Gasteiger partial charge in [-0.05, 0) is 80.3 Å². The van der Waals surface area contributed by atoms with Gasteiger partial charge in [0.2, 0.25) is 0 Å². The monoisotopic (exact) mass is 3120 g/mol. The van der Waals surface area contributed by atoms with Crippen molar-refractivity contribution in [3.8, 4) is 11.4 Å². The molecule has 21 aromatic rings. The second-order valence-electron chi connectivity index (χ2n) is 25.4. The average Bonchev–Trinajstić information content (AvgIpc) is 1.65. The Morgan fingerprint density at radius 3 is 0.723 bits per heavy atom. The minimum absolute atomic E-state index is 0. The number of nitrogens with zero attached hydrogens (tertiary/aromatic N) is 21. The van der Waals surface area contributed by atoms with E-state index in [0.29, 0.717) is 103 Å². The molecule has 36 heteroatoms. The number of nitrogens with one attached hydrogen (secondary N) is 5. The summed E-state index contributed by atoms with van der Waals surface area (Å²) in [5.41, 5.74) is 13.5. The van der Waals surface area contributed by atoms with E-state index < -0.39 is 0 Å². The molecule has 31 nitrogen and oxygen atoms in total. The Hall–Kier alpha value is -12.4. The number of fused-ring (bicyclic) bond motifs is 6. The van der Waals surface area contributed by atoms with Crippen LogP contribution in [0.1, 0.15) is 191 Å². The zero-order valence-corrected chi connectivity index (χ0v) is 108. The summed E-state index contributed by atoms with van der Waals surface area (Å²) in [5.74, 6) is 0. The summed E-state index contributed by atoms with van der Waals surface area (Å²) in [7, 11) is 0. The van der Waals surface area contributed by atoms with Crippen molar-refractivity contribution >= 4 is 66.1 Å². The second kappa shape index (κ2) is 89.8. The zero-order chi connectivity index (χ0) is 105.